The number of likely N-dealkylation sites (N-methyl/N-ethyl adjacent to an activating group) is 1. The first-order chi connectivity index (χ1) is 9.02. The average Bonchev–Trinajstić information content (AvgIpc) is 2.37. The van der Waals surface area contributed by atoms with Gasteiger partial charge in [-0.2, -0.15) is 4.39 Å². The fraction of sp³-hybridized carbons (Fsp3) is 0.500. The highest BCUT2D eigenvalue weighted by Gasteiger charge is 2.28. The Balaban J connectivity index is 2.40. The van der Waals surface area contributed by atoms with Gasteiger partial charge in [0.2, 0.25) is 5.82 Å². The topological polar surface area (TPSA) is 58.4 Å². The Hall–Kier alpha value is -1.76. The van der Waals surface area contributed by atoms with Gasteiger partial charge in [-0.1, -0.05) is 0 Å². The van der Waals surface area contributed by atoms with Crippen LogP contribution in [0, 0.1) is 21.7 Å². The van der Waals surface area contributed by atoms with Gasteiger partial charge < -0.3 is 10.2 Å². The molecule has 0 radical (unpaired) electrons. The van der Waals surface area contributed by atoms with E-state index in [1.807, 2.05) is 0 Å². The van der Waals surface area contributed by atoms with Crippen LogP contribution < -0.4 is 10.2 Å². The van der Waals surface area contributed by atoms with Crippen molar-refractivity contribution < 1.29 is 13.7 Å². The van der Waals surface area contributed by atoms with Crippen LogP contribution in [-0.2, 0) is 0 Å². The Morgan fingerprint density at radius 3 is 2.84 bits per heavy atom. The SMILES string of the molecule is CNC1CCCN(c2cc(F)cc(F)c2[N+](=O)[O-])C1. The third-order valence-corrected chi connectivity index (χ3v) is 3.36. The van der Waals surface area contributed by atoms with Crippen molar-refractivity contribution in [2.75, 3.05) is 25.0 Å². The number of anilines is 1. The van der Waals surface area contributed by atoms with Crippen LogP contribution in [0.3, 0.4) is 0 Å². The lowest BCUT2D eigenvalue weighted by atomic mass is 10.0. The van der Waals surface area contributed by atoms with Crippen LogP contribution in [0.2, 0.25) is 0 Å². The smallest absolute Gasteiger partial charge is 0.328 e. The van der Waals surface area contributed by atoms with Gasteiger partial charge in [-0.25, -0.2) is 4.39 Å². The summed E-state index contributed by atoms with van der Waals surface area (Å²) in [5.41, 5.74) is -0.638. The van der Waals surface area contributed by atoms with Gasteiger partial charge in [0.25, 0.3) is 0 Å². The first kappa shape index (κ1) is 13.7. The van der Waals surface area contributed by atoms with E-state index in [0.717, 1.165) is 18.9 Å². The van der Waals surface area contributed by atoms with E-state index in [-0.39, 0.29) is 11.7 Å². The van der Waals surface area contributed by atoms with Crippen molar-refractivity contribution in [3.63, 3.8) is 0 Å². The maximum absolute atomic E-state index is 13.6. The maximum atomic E-state index is 13.6. The van der Waals surface area contributed by atoms with Crippen molar-refractivity contribution in [2.24, 2.45) is 0 Å². The maximum Gasteiger partial charge on any atom is 0.328 e. The van der Waals surface area contributed by atoms with E-state index in [1.54, 1.807) is 11.9 Å². The fourth-order valence-electron chi connectivity index (χ4n) is 2.41. The zero-order valence-electron chi connectivity index (χ0n) is 10.5. The van der Waals surface area contributed by atoms with Crippen LogP contribution in [0.4, 0.5) is 20.2 Å². The van der Waals surface area contributed by atoms with Gasteiger partial charge in [-0.05, 0) is 19.9 Å². The number of nitrogens with zero attached hydrogens (tertiary/aromatic N) is 2. The summed E-state index contributed by atoms with van der Waals surface area (Å²) >= 11 is 0. The molecule has 1 aromatic carbocycles. The number of benzene rings is 1. The molecule has 1 heterocycles. The first-order valence-corrected chi connectivity index (χ1v) is 6.08. The molecule has 0 spiro atoms. The van der Waals surface area contributed by atoms with Crippen LogP contribution in [0.25, 0.3) is 0 Å². The number of nitro benzene ring substituents is 1. The van der Waals surface area contributed by atoms with Gasteiger partial charge in [-0.15, -0.1) is 0 Å². The standard InChI is InChI=1S/C12H15F2N3O2/c1-15-9-3-2-4-16(7-9)11-6-8(13)5-10(14)12(11)17(18)19/h5-6,9,15H,2-4,7H2,1H3. The molecule has 1 aromatic rings. The van der Waals surface area contributed by atoms with E-state index in [9.17, 15) is 18.9 Å². The minimum Gasteiger partial charge on any atom is -0.364 e. The summed E-state index contributed by atoms with van der Waals surface area (Å²) < 4.78 is 26.9. The van der Waals surface area contributed by atoms with Gasteiger partial charge >= 0.3 is 5.69 Å². The van der Waals surface area contributed by atoms with Crippen LogP contribution in [0.5, 0.6) is 0 Å². The number of piperidine rings is 1. The lowest BCUT2D eigenvalue weighted by Gasteiger charge is -2.33. The van der Waals surface area contributed by atoms with Crippen molar-refractivity contribution in [1.29, 1.82) is 0 Å². The number of nitro groups is 1. The molecule has 1 aliphatic rings. The summed E-state index contributed by atoms with van der Waals surface area (Å²) in [7, 11) is 1.80. The molecule has 1 unspecified atom stereocenters. The Morgan fingerprint density at radius 1 is 1.47 bits per heavy atom. The average molecular weight is 271 g/mol. The molecular formula is C12H15F2N3O2. The van der Waals surface area contributed by atoms with E-state index < -0.39 is 22.2 Å². The summed E-state index contributed by atoms with van der Waals surface area (Å²) in [5, 5.41) is 14.0. The highest BCUT2D eigenvalue weighted by molar-refractivity contribution is 5.64. The number of rotatable bonds is 3. The summed E-state index contributed by atoms with van der Waals surface area (Å²) in [4.78, 5) is 11.8. The predicted octanol–water partition coefficient (Wildman–Crippen LogP) is 2.06. The highest BCUT2D eigenvalue weighted by atomic mass is 19.1. The molecule has 0 aliphatic carbocycles. The summed E-state index contributed by atoms with van der Waals surface area (Å²) in [6.07, 6.45) is 1.76. The van der Waals surface area contributed by atoms with E-state index in [4.69, 9.17) is 0 Å². The molecule has 7 heteroatoms. The van der Waals surface area contributed by atoms with E-state index in [2.05, 4.69) is 5.32 Å². The molecule has 0 amide bonds. The van der Waals surface area contributed by atoms with Crippen molar-refractivity contribution >= 4 is 11.4 Å². The fourth-order valence-corrected chi connectivity index (χ4v) is 2.41. The molecule has 5 nitrogen and oxygen atoms in total. The van der Waals surface area contributed by atoms with Crippen molar-refractivity contribution in [1.82, 2.24) is 5.32 Å². The minimum atomic E-state index is -1.13. The molecule has 1 N–H and O–H groups in total. The lowest BCUT2D eigenvalue weighted by molar-refractivity contribution is -0.386. The zero-order valence-corrected chi connectivity index (χ0v) is 10.5. The number of hydrogen-bond acceptors (Lipinski definition) is 4. The third-order valence-electron chi connectivity index (χ3n) is 3.36. The quantitative estimate of drug-likeness (QED) is 0.675. The second kappa shape index (κ2) is 5.48. The predicted molar refractivity (Wildman–Crippen MR) is 67.3 cm³/mol. The Bertz CT molecular complexity index is 496. The van der Waals surface area contributed by atoms with Gasteiger partial charge in [0.05, 0.1) is 4.92 Å². The molecule has 0 saturated carbocycles. The van der Waals surface area contributed by atoms with Crippen LogP contribution in [-0.4, -0.2) is 31.1 Å². The van der Waals surface area contributed by atoms with E-state index in [1.165, 1.54) is 0 Å². The molecule has 0 aromatic heterocycles. The van der Waals surface area contributed by atoms with E-state index >= 15 is 0 Å². The second-order valence-electron chi connectivity index (χ2n) is 4.59. The zero-order chi connectivity index (χ0) is 14.0. The Labute approximate surface area is 109 Å². The summed E-state index contributed by atoms with van der Waals surface area (Å²) in [6, 6.07) is 1.74. The highest BCUT2D eigenvalue weighted by Crippen LogP contribution is 2.33. The van der Waals surface area contributed by atoms with E-state index in [0.29, 0.717) is 19.2 Å². The van der Waals surface area contributed by atoms with Crippen molar-refractivity contribution in [3.05, 3.63) is 33.9 Å². The Kier molecular flexibility index (Phi) is 3.94. The molecule has 0 bridgehead atoms. The molecule has 1 saturated heterocycles. The normalized spacial score (nSPS) is 19.5. The first-order valence-electron chi connectivity index (χ1n) is 6.08. The molecule has 2 rings (SSSR count). The van der Waals surface area contributed by atoms with Gasteiger partial charge in [0.15, 0.2) is 0 Å². The second-order valence-corrected chi connectivity index (χ2v) is 4.59. The monoisotopic (exact) mass is 271 g/mol. The van der Waals surface area contributed by atoms with Crippen molar-refractivity contribution in [3.8, 4) is 0 Å². The van der Waals surface area contributed by atoms with Crippen LogP contribution >= 0.6 is 0 Å². The number of halogens is 2. The molecule has 1 aliphatic heterocycles. The van der Waals surface area contributed by atoms with Crippen molar-refractivity contribution in [2.45, 2.75) is 18.9 Å². The number of nitrogens with one attached hydrogen (secondary N) is 1. The third kappa shape index (κ3) is 2.81. The van der Waals surface area contributed by atoms with Gasteiger partial charge in [0, 0.05) is 31.3 Å². The van der Waals surface area contributed by atoms with Crippen LogP contribution in [0.1, 0.15) is 12.8 Å². The molecule has 104 valence electrons. The molecular weight excluding hydrogens is 256 g/mol. The minimum absolute atomic E-state index is 0.0162. The summed E-state index contributed by atoms with van der Waals surface area (Å²) in [6.45, 7) is 1.06. The van der Waals surface area contributed by atoms with Crippen LogP contribution in [0.15, 0.2) is 12.1 Å². The Morgan fingerprint density at radius 2 is 2.21 bits per heavy atom. The number of hydrogen-bond donors (Lipinski definition) is 1. The largest absolute Gasteiger partial charge is 0.364 e. The lowest BCUT2D eigenvalue weighted by Crippen LogP contribution is -2.44. The molecule has 1 fully saturated rings. The van der Waals surface area contributed by atoms with Gasteiger partial charge in [-0.3, -0.25) is 10.1 Å². The molecule has 1 atom stereocenters. The van der Waals surface area contributed by atoms with Gasteiger partial charge in [0.1, 0.15) is 11.5 Å². The summed E-state index contributed by atoms with van der Waals surface area (Å²) in [5.74, 6) is -1.93. The molecule has 19 heavy (non-hydrogen) atoms.